The molecule has 1 heterocycles. The van der Waals surface area contributed by atoms with Gasteiger partial charge in [-0.05, 0) is 55.2 Å². The van der Waals surface area contributed by atoms with Gasteiger partial charge in [0.05, 0.1) is 17.7 Å². The first kappa shape index (κ1) is 21.9. The molecule has 0 bridgehead atoms. The number of fused-ring (bicyclic) bond motifs is 1. The number of carbonyl (C=O) groups is 2. The maximum absolute atomic E-state index is 11.4. The Kier molecular flexibility index (Phi) is 6.92. The molecule has 3 N–H and O–H groups in total. The highest BCUT2D eigenvalue weighted by atomic mass is 16.5. The van der Waals surface area contributed by atoms with Crippen molar-refractivity contribution in [3.05, 3.63) is 69.6 Å². The minimum Gasteiger partial charge on any atom is -0.508 e. The summed E-state index contributed by atoms with van der Waals surface area (Å²) in [6.45, 7) is 0.461. The van der Waals surface area contributed by atoms with E-state index in [0.717, 1.165) is 36.8 Å². The minimum absolute atomic E-state index is 0.191. The number of carboxylic acid groups (broad SMARTS) is 2. The molecule has 0 unspecified atom stereocenters. The van der Waals surface area contributed by atoms with E-state index in [1.807, 2.05) is 6.07 Å². The first-order chi connectivity index (χ1) is 14.8. The molecular weight excluding hydrogens is 404 g/mol. The molecule has 1 aromatic heterocycles. The van der Waals surface area contributed by atoms with Crippen LogP contribution in [0.25, 0.3) is 11.0 Å². The molecule has 8 heteroatoms. The quantitative estimate of drug-likeness (QED) is 0.326. The number of aromatic carboxylic acids is 2. The Morgan fingerprint density at radius 3 is 2.19 bits per heavy atom. The van der Waals surface area contributed by atoms with Crippen LogP contribution in [0.2, 0.25) is 0 Å². The maximum atomic E-state index is 11.4. The molecule has 0 radical (unpaired) electrons. The Morgan fingerprint density at radius 2 is 1.52 bits per heavy atom. The number of carboxylic acids is 2. The van der Waals surface area contributed by atoms with Gasteiger partial charge in [0.25, 0.3) is 0 Å². The molecule has 8 nitrogen and oxygen atoms in total. The van der Waals surface area contributed by atoms with Crippen LogP contribution >= 0.6 is 0 Å². The number of hydrogen-bond donors (Lipinski definition) is 3. The van der Waals surface area contributed by atoms with Crippen LogP contribution in [-0.2, 0) is 6.42 Å². The summed E-state index contributed by atoms with van der Waals surface area (Å²) < 4.78 is 10.8. The lowest BCUT2D eigenvalue weighted by molar-refractivity contribution is 0.0694. The Bertz CT molecular complexity index is 1130. The van der Waals surface area contributed by atoms with Crippen LogP contribution in [0.15, 0.2) is 51.7 Å². The van der Waals surface area contributed by atoms with Crippen molar-refractivity contribution in [2.75, 3.05) is 6.61 Å². The van der Waals surface area contributed by atoms with Crippen LogP contribution in [-0.4, -0.2) is 33.9 Å². The van der Waals surface area contributed by atoms with Gasteiger partial charge in [-0.1, -0.05) is 12.8 Å². The molecule has 3 rings (SSSR count). The minimum atomic E-state index is -1.27. The van der Waals surface area contributed by atoms with E-state index in [9.17, 15) is 29.7 Å². The second-order valence-corrected chi connectivity index (χ2v) is 7.10. The molecule has 0 saturated carbocycles. The molecule has 0 aliphatic carbocycles. The van der Waals surface area contributed by atoms with Crippen molar-refractivity contribution in [1.29, 1.82) is 0 Å². The van der Waals surface area contributed by atoms with E-state index in [-0.39, 0.29) is 28.9 Å². The van der Waals surface area contributed by atoms with Crippen LogP contribution in [0.3, 0.4) is 0 Å². The third-order valence-corrected chi connectivity index (χ3v) is 4.88. The number of hydrogen-bond acceptors (Lipinski definition) is 6. The molecule has 0 aliphatic rings. The van der Waals surface area contributed by atoms with Gasteiger partial charge in [-0.15, -0.1) is 0 Å². The summed E-state index contributed by atoms with van der Waals surface area (Å²) in [6.07, 6.45) is 3.21. The van der Waals surface area contributed by atoms with Gasteiger partial charge in [-0.2, -0.15) is 0 Å². The Morgan fingerprint density at radius 1 is 0.871 bits per heavy atom. The summed E-state index contributed by atoms with van der Waals surface area (Å²) in [5, 5.41) is 29.0. The highest BCUT2D eigenvalue weighted by Gasteiger charge is 2.19. The number of ether oxygens (including phenoxy) is 1. The smallest absolute Gasteiger partial charge is 0.336 e. The van der Waals surface area contributed by atoms with Gasteiger partial charge >= 0.3 is 17.6 Å². The van der Waals surface area contributed by atoms with Gasteiger partial charge in [-0.3, -0.25) is 0 Å². The first-order valence-corrected chi connectivity index (χ1v) is 9.84. The molecule has 0 aliphatic heterocycles. The van der Waals surface area contributed by atoms with Crippen molar-refractivity contribution in [2.45, 2.75) is 32.1 Å². The summed E-state index contributed by atoms with van der Waals surface area (Å²) in [6, 6.07) is 10.5. The molecule has 0 saturated heterocycles. The Balaban J connectivity index is 1.48. The van der Waals surface area contributed by atoms with Crippen molar-refractivity contribution in [2.24, 2.45) is 0 Å². The molecular formula is C23H22O8. The molecule has 31 heavy (non-hydrogen) atoms. The van der Waals surface area contributed by atoms with Gasteiger partial charge in [0.15, 0.2) is 0 Å². The summed E-state index contributed by atoms with van der Waals surface area (Å²) in [7, 11) is 0. The summed E-state index contributed by atoms with van der Waals surface area (Å²) >= 11 is 0. The molecule has 0 spiro atoms. The zero-order chi connectivity index (χ0) is 22.4. The van der Waals surface area contributed by atoms with Gasteiger partial charge in [0.1, 0.15) is 17.1 Å². The standard InChI is InChI=1S/C23H22O8/c24-15-11-18(22(26)27)17(19(12-15)23(28)29)5-3-1-2-4-10-30-16-8-6-14-7-9-21(25)31-20(14)13-16/h6-9,11-13,24H,1-5,10H2,(H,26,27)(H,28,29). The number of rotatable bonds is 10. The third kappa shape index (κ3) is 5.63. The predicted molar refractivity (Wildman–Crippen MR) is 112 cm³/mol. The highest BCUT2D eigenvalue weighted by Crippen LogP contribution is 2.25. The highest BCUT2D eigenvalue weighted by molar-refractivity contribution is 5.97. The number of aromatic hydroxyl groups is 1. The van der Waals surface area contributed by atoms with E-state index in [2.05, 4.69) is 0 Å². The van der Waals surface area contributed by atoms with Gasteiger partial charge in [0, 0.05) is 17.5 Å². The number of unbranched alkanes of at least 4 members (excludes halogenated alkanes) is 3. The van der Waals surface area contributed by atoms with Crippen molar-refractivity contribution < 1.29 is 34.1 Å². The fourth-order valence-corrected chi connectivity index (χ4v) is 3.39. The van der Waals surface area contributed by atoms with E-state index in [1.165, 1.54) is 6.07 Å². The van der Waals surface area contributed by atoms with Gasteiger partial charge < -0.3 is 24.5 Å². The largest absolute Gasteiger partial charge is 0.508 e. The lowest BCUT2D eigenvalue weighted by Crippen LogP contribution is -2.10. The van der Waals surface area contributed by atoms with Crippen molar-refractivity contribution in [3.63, 3.8) is 0 Å². The third-order valence-electron chi connectivity index (χ3n) is 4.88. The summed E-state index contributed by atoms with van der Waals surface area (Å²) in [5.41, 5.74) is -0.128. The fraction of sp³-hybridized carbons (Fsp3) is 0.261. The van der Waals surface area contributed by atoms with Crippen molar-refractivity contribution in [3.8, 4) is 11.5 Å². The Hall–Kier alpha value is -3.81. The first-order valence-electron chi connectivity index (χ1n) is 9.84. The molecule has 0 atom stereocenters. The van der Waals surface area contributed by atoms with Crippen LogP contribution in [0, 0.1) is 0 Å². The van der Waals surface area contributed by atoms with E-state index in [4.69, 9.17) is 9.15 Å². The molecule has 0 fully saturated rings. The van der Waals surface area contributed by atoms with Crippen LogP contribution in [0.1, 0.15) is 52.0 Å². The monoisotopic (exact) mass is 426 g/mol. The van der Waals surface area contributed by atoms with Crippen LogP contribution in [0.4, 0.5) is 0 Å². The zero-order valence-corrected chi connectivity index (χ0v) is 16.7. The number of phenolic OH excluding ortho intramolecular Hbond substituents is 1. The second kappa shape index (κ2) is 9.80. The number of phenols is 1. The van der Waals surface area contributed by atoms with Gasteiger partial charge in [-0.25, -0.2) is 14.4 Å². The summed E-state index contributed by atoms with van der Waals surface area (Å²) in [5.74, 6) is -2.33. The summed E-state index contributed by atoms with van der Waals surface area (Å²) in [4.78, 5) is 34.1. The van der Waals surface area contributed by atoms with Crippen LogP contribution in [0.5, 0.6) is 11.5 Å². The van der Waals surface area contributed by atoms with E-state index in [1.54, 1.807) is 18.2 Å². The number of benzene rings is 2. The van der Waals surface area contributed by atoms with Crippen molar-refractivity contribution in [1.82, 2.24) is 0 Å². The molecule has 3 aromatic rings. The van der Waals surface area contributed by atoms with Crippen LogP contribution < -0.4 is 10.4 Å². The average Bonchev–Trinajstić information content (AvgIpc) is 2.72. The second-order valence-electron chi connectivity index (χ2n) is 7.10. The lowest BCUT2D eigenvalue weighted by atomic mass is 9.95. The Labute approximate surface area is 177 Å². The fourth-order valence-electron chi connectivity index (χ4n) is 3.39. The van der Waals surface area contributed by atoms with E-state index in [0.29, 0.717) is 24.4 Å². The lowest BCUT2D eigenvalue weighted by Gasteiger charge is -2.11. The average molecular weight is 426 g/mol. The molecule has 162 valence electrons. The SMILES string of the molecule is O=C(O)c1cc(O)cc(C(=O)O)c1CCCCCCOc1ccc2ccc(=O)oc2c1. The molecule has 0 amide bonds. The molecule has 2 aromatic carbocycles. The van der Waals surface area contributed by atoms with E-state index >= 15 is 0 Å². The van der Waals surface area contributed by atoms with E-state index < -0.39 is 17.6 Å². The topological polar surface area (TPSA) is 134 Å². The van der Waals surface area contributed by atoms with Crippen molar-refractivity contribution >= 4 is 22.9 Å². The maximum Gasteiger partial charge on any atom is 0.336 e. The normalized spacial score (nSPS) is 10.8. The predicted octanol–water partition coefficient (Wildman–Crippen LogP) is 4.08. The zero-order valence-electron chi connectivity index (χ0n) is 16.7. The van der Waals surface area contributed by atoms with Gasteiger partial charge in [0.2, 0.25) is 0 Å².